The number of benzene rings is 13. The number of hydrogen-bond acceptors (Lipinski definition) is 6. The quantitative estimate of drug-likeness (QED) is 0.121. The summed E-state index contributed by atoms with van der Waals surface area (Å²) in [5, 5.41) is 7.43. The van der Waals surface area contributed by atoms with Crippen LogP contribution in [-0.2, 0) is 0 Å². The van der Waals surface area contributed by atoms with E-state index in [2.05, 4.69) is 331 Å². The highest BCUT2D eigenvalue weighted by Gasteiger charge is 2.16. The average Bonchev–Trinajstić information content (AvgIpc) is 1.63. The molecule has 13 aromatic carbocycles. The van der Waals surface area contributed by atoms with Gasteiger partial charge >= 0.3 is 0 Å². The third-order valence-electron chi connectivity index (χ3n) is 17.8. The highest BCUT2D eigenvalue weighted by molar-refractivity contribution is 5.97. The Morgan fingerprint density at radius 2 is 0.469 bits per heavy atom. The van der Waals surface area contributed by atoms with Crippen molar-refractivity contribution in [3.8, 4) is 135 Å². The average molecular weight is 1230 g/mol. The van der Waals surface area contributed by atoms with E-state index in [1.807, 2.05) is 30.6 Å². The summed E-state index contributed by atoms with van der Waals surface area (Å²) in [6.45, 7) is 0. The zero-order valence-corrected chi connectivity index (χ0v) is 52.3. The second-order valence-corrected chi connectivity index (χ2v) is 23.9. The van der Waals surface area contributed by atoms with Crippen LogP contribution in [0.2, 0.25) is 0 Å². The Kier molecular flexibility index (Phi) is 16.0. The van der Waals surface area contributed by atoms with Gasteiger partial charge < -0.3 is 0 Å². The van der Waals surface area contributed by atoms with Crippen molar-refractivity contribution in [1.29, 1.82) is 0 Å². The second-order valence-electron chi connectivity index (χ2n) is 23.9. The van der Waals surface area contributed by atoms with Gasteiger partial charge in [0.05, 0.1) is 22.8 Å². The molecule has 0 fully saturated rings. The number of rotatable bonds is 12. The Morgan fingerprint density at radius 3 is 0.885 bits per heavy atom. The fraction of sp³-hybridized carbons (Fsp3) is 0. The van der Waals surface area contributed by atoms with Gasteiger partial charge in [0.1, 0.15) is 0 Å². The summed E-state index contributed by atoms with van der Waals surface area (Å²) in [6.07, 6.45) is 7.36. The molecule has 4 heterocycles. The van der Waals surface area contributed by atoms with E-state index in [1.165, 1.54) is 65.7 Å². The molecular weight excluding hydrogens is 1170 g/mol. The molecule has 6 heteroatoms. The topological polar surface area (TPSA) is 77.3 Å². The zero-order chi connectivity index (χ0) is 64.0. The maximum absolute atomic E-state index is 5.14. The number of hydrogen-bond donors (Lipinski definition) is 0. The molecule has 0 amide bonds. The van der Waals surface area contributed by atoms with E-state index in [-0.39, 0.29) is 0 Å². The molecular formula is C90H60N6. The van der Waals surface area contributed by atoms with Crippen molar-refractivity contribution >= 4 is 32.3 Å². The third-order valence-corrected chi connectivity index (χ3v) is 17.8. The van der Waals surface area contributed by atoms with Crippen molar-refractivity contribution in [2.24, 2.45) is 0 Å². The minimum absolute atomic E-state index is 0.692. The molecule has 96 heavy (non-hydrogen) atoms. The lowest BCUT2D eigenvalue weighted by molar-refractivity contribution is 1.18. The Morgan fingerprint density at radius 1 is 0.167 bits per heavy atom. The molecule has 0 unspecified atom stereocenters. The Balaban J connectivity index is 0.000000152. The molecule has 0 aliphatic carbocycles. The van der Waals surface area contributed by atoms with E-state index >= 15 is 0 Å². The SMILES string of the molecule is c1ccc(-c2ccc(-c3cc(-c4ccc(-c5cccnc5)cc4)nc(-c4ccc(-c5ccc6ccccc6c5)cc4)n3)cc2)cc1.c1cncc(-c2ccc(-c3cc(-c4ccc(-c5cccc6ccccc56)cc4)nc(-c4ccc(-c5ccc6ccccc6c5)cc4)n3)cc2)c1. The van der Waals surface area contributed by atoms with Gasteiger partial charge in [-0.3, -0.25) is 9.97 Å². The van der Waals surface area contributed by atoms with Crippen LogP contribution in [0, 0.1) is 0 Å². The molecule has 6 nitrogen and oxygen atoms in total. The predicted octanol–water partition coefficient (Wildman–Crippen LogP) is 23.2. The van der Waals surface area contributed by atoms with Gasteiger partial charge in [0.2, 0.25) is 0 Å². The maximum Gasteiger partial charge on any atom is 0.160 e. The molecule has 0 spiro atoms. The summed E-state index contributed by atoms with van der Waals surface area (Å²) >= 11 is 0. The predicted molar refractivity (Wildman–Crippen MR) is 397 cm³/mol. The van der Waals surface area contributed by atoms with Crippen molar-refractivity contribution in [2.75, 3.05) is 0 Å². The first-order valence-corrected chi connectivity index (χ1v) is 32.3. The molecule has 17 aromatic rings. The fourth-order valence-corrected chi connectivity index (χ4v) is 12.6. The van der Waals surface area contributed by atoms with Crippen LogP contribution in [0.5, 0.6) is 0 Å². The lowest BCUT2D eigenvalue weighted by Gasteiger charge is -2.12. The fourth-order valence-electron chi connectivity index (χ4n) is 12.6. The number of nitrogens with zero attached hydrogens (tertiary/aromatic N) is 6. The van der Waals surface area contributed by atoms with E-state index in [0.29, 0.717) is 11.6 Å². The van der Waals surface area contributed by atoms with Crippen molar-refractivity contribution in [2.45, 2.75) is 0 Å². The normalized spacial score (nSPS) is 11.1. The van der Waals surface area contributed by atoms with E-state index in [0.717, 1.165) is 89.5 Å². The summed E-state index contributed by atoms with van der Waals surface area (Å²) < 4.78 is 0. The molecule has 0 bridgehead atoms. The minimum atomic E-state index is 0.692. The smallest absolute Gasteiger partial charge is 0.160 e. The maximum atomic E-state index is 5.14. The van der Waals surface area contributed by atoms with Gasteiger partial charge in [-0.1, -0.05) is 303 Å². The molecule has 0 atom stereocenters. The van der Waals surface area contributed by atoms with Crippen LogP contribution < -0.4 is 0 Å². The van der Waals surface area contributed by atoms with E-state index in [9.17, 15) is 0 Å². The number of aromatic nitrogens is 6. The first kappa shape index (κ1) is 58.2. The second kappa shape index (κ2) is 26.4. The zero-order valence-electron chi connectivity index (χ0n) is 52.3. The standard InChI is InChI=1S/C47H31N3.C43H29N3/c1-2-9-40-29-41(27-18-32(40)7-1)33-16-25-39(26-17-33)47-49-45(37-21-14-34(15-22-37)42-11-6-28-48-31-42)30-46(50-47)38-23-19-36(20-24-38)44-13-5-10-35-8-3-4-12-43(35)44;1-2-7-30(8-3-1)32-12-19-35(20-13-32)41-28-42(36-21-14-34(15-22-36)40-11-6-26-44-29-40)46-43(45-41)37-23-16-33(17-24-37)39-25-18-31-9-4-5-10-38(31)27-39/h1-31H;1-29H. The molecule has 0 aliphatic rings. The summed E-state index contributed by atoms with van der Waals surface area (Å²) in [6, 6.07) is 119. The van der Waals surface area contributed by atoms with Crippen LogP contribution in [0.25, 0.3) is 167 Å². The molecule has 0 N–H and O–H groups in total. The lowest BCUT2D eigenvalue weighted by Crippen LogP contribution is -1.96. The highest BCUT2D eigenvalue weighted by Crippen LogP contribution is 2.37. The van der Waals surface area contributed by atoms with Gasteiger partial charge in [0, 0.05) is 58.2 Å². The Hall–Kier alpha value is -12.9. The summed E-state index contributed by atoms with van der Waals surface area (Å²) in [5.41, 5.74) is 23.5. The van der Waals surface area contributed by atoms with Gasteiger partial charge in [0.25, 0.3) is 0 Å². The van der Waals surface area contributed by atoms with E-state index in [4.69, 9.17) is 19.9 Å². The van der Waals surface area contributed by atoms with Crippen LogP contribution in [0.1, 0.15) is 0 Å². The summed E-state index contributed by atoms with van der Waals surface area (Å²) in [5.74, 6) is 1.39. The molecule has 0 saturated heterocycles. The molecule has 0 aliphatic heterocycles. The molecule has 0 radical (unpaired) electrons. The van der Waals surface area contributed by atoms with Crippen LogP contribution in [0.3, 0.4) is 0 Å². The summed E-state index contributed by atoms with van der Waals surface area (Å²) in [7, 11) is 0. The Bertz CT molecular complexity index is 5460. The van der Waals surface area contributed by atoms with Gasteiger partial charge in [0.15, 0.2) is 11.6 Å². The molecule has 4 aromatic heterocycles. The Labute approximate surface area is 558 Å². The van der Waals surface area contributed by atoms with Crippen molar-refractivity contribution in [1.82, 2.24) is 29.9 Å². The van der Waals surface area contributed by atoms with Crippen LogP contribution in [-0.4, -0.2) is 29.9 Å². The molecule has 450 valence electrons. The monoisotopic (exact) mass is 1220 g/mol. The van der Waals surface area contributed by atoms with Gasteiger partial charge in [-0.25, -0.2) is 19.9 Å². The molecule has 0 saturated carbocycles. The first-order chi connectivity index (χ1) is 47.5. The van der Waals surface area contributed by atoms with Crippen LogP contribution in [0.15, 0.2) is 365 Å². The number of pyridine rings is 2. The third kappa shape index (κ3) is 12.5. The van der Waals surface area contributed by atoms with Crippen molar-refractivity contribution in [3.05, 3.63) is 365 Å². The van der Waals surface area contributed by atoms with Gasteiger partial charge in [-0.05, 0) is 135 Å². The minimum Gasteiger partial charge on any atom is -0.264 e. The largest absolute Gasteiger partial charge is 0.264 e. The number of fused-ring (bicyclic) bond motifs is 3. The van der Waals surface area contributed by atoms with E-state index < -0.39 is 0 Å². The van der Waals surface area contributed by atoms with Crippen LogP contribution in [0.4, 0.5) is 0 Å². The van der Waals surface area contributed by atoms with Gasteiger partial charge in [-0.2, -0.15) is 0 Å². The van der Waals surface area contributed by atoms with E-state index in [1.54, 1.807) is 12.4 Å². The summed E-state index contributed by atoms with van der Waals surface area (Å²) in [4.78, 5) is 29.0. The van der Waals surface area contributed by atoms with Crippen LogP contribution >= 0.6 is 0 Å². The first-order valence-electron chi connectivity index (χ1n) is 32.3. The van der Waals surface area contributed by atoms with Crippen molar-refractivity contribution in [3.63, 3.8) is 0 Å². The van der Waals surface area contributed by atoms with Crippen molar-refractivity contribution < 1.29 is 0 Å². The van der Waals surface area contributed by atoms with Gasteiger partial charge in [-0.15, -0.1) is 0 Å². The highest BCUT2D eigenvalue weighted by atomic mass is 14.9. The molecule has 17 rings (SSSR count). The lowest BCUT2D eigenvalue weighted by atomic mass is 9.97.